The predicted octanol–water partition coefficient (Wildman–Crippen LogP) is 3.79. The molecule has 0 aliphatic carbocycles. The third-order valence-corrected chi connectivity index (χ3v) is 4.85. The second-order valence-electron chi connectivity index (χ2n) is 7.41. The first-order valence-electron chi connectivity index (χ1n) is 10.3. The van der Waals surface area contributed by atoms with Gasteiger partial charge < -0.3 is 19.2 Å². The Morgan fingerprint density at radius 1 is 1.13 bits per heavy atom. The molecule has 8 nitrogen and oxygen atoms in total. The lowest BCUT2D eigenvalue weighted by molar-refractivity contribution is -0.121. The zero-order chi connectivity index (χ0) is 21.8. The Morgan fingerprint density at radius 3 is 2.53 bits per heavy atom. The van der Waals surface area contributed by atoms with Gasteiger partial charge in [-0.25, -0.2) is 4.98 Å². The molecule has 30 heavy (non-hydrogen) atoms. The molecule has 0 radical (unpaired) electrons. The number of hydrogen-bond donors (Lipinski definition) is 1. The Hall–Kier alpha value is -3.16. The van der Waals surface area contributed by atoms with Crippen molar-refractivity contribution in [3.63, 3.8) is 0 Å². The van der Waals surface area contributed by atoms with E-state index in [-0.39, 0.29) is 18.4 Å². The first kappa shape index (κ1) is 21.5. The van der Waals surface area contributed by atoms with Crippen LogP contribution in [0.4, 0.5) is 0 Å². The van der Waals surface area contributed by atoms with Crippen molar-refractivity contribution in [3.05, 3.63) is 34.9 Å². The van der Waals surface area contributed by atoms with E-state index in [9.17, 15) is 9.59 Å². The van der Waals surface area contributed by atoms with Crippen LogP contribution in [-0.2, 0) is 4.79 Å². The topological polar surface area (TPSA) is 101 Å². The number of hydrogen-bond acceptors (Lipinski definition) is 6. The van der Waals surface area contributed by atoms with Crippen molar-refractivity contribution in [3.8, 4) is 11.3 Å². The van der Waals surface area contributed by atoms with Crippen molar-refractivity contribution < 1.29 is 18.5 Å². The second kappa shape index (κ2) is 9.11. The Morgan fingerprint density at radius 2 is 1.90 bits per heavy atom. The van der Waals surface area contributed by atoms with Crippen molar-refractivity contribution in [2.24, 2.45) is 0 Å². The molecule has 160 valence electrons. The van der Waals surface area contributed by atoms with Crippen LogP contribution in [0.15, 0.2) is 21.1 Å². The molecule has 2 amide bonds. The Balaban J connectivity index is 2.05. The summed E-state index contributed by atoms with van der Waals surface area (Å²) in [7, 11) is 0. The first-order valence-corrected chi connectivity index (χ1v) is 10.3. The molecule has 0 spiro atoms. The molecule has 0 aromatic carbocycles. The van der Waals surface area contributed by atoms with Gasteiger partial charge >= 0.3 is 0 Å². The average Bonchev–Trinajstić information content (AvgIpc) is 3.26. The summed E-state index contributed by atoms with van der Waals surface area (Å²) < 4.78 is 11.0. The molecule has 0 fully saturated rings. The zero-order valence-electron chi connectivity index (χ0n) is 18.2. The summed E-state index contributed by atoms with van der Waals surface area (Å²) in [4.78, 5) is 31.9. The van der Waals surface area contributed by atoms with Crippen LogP contribution in [0.1, 0.15) is 54.3 Å². The molecule has 8 heteroatoms. The molecule has 0 saturated carbocycles. The van der Waals surface area contributed by atoms with Gasteiger partial charge in [0.2, 0.25) is 5.91 Å². The lowest BCUT2D eigenvalue weighted by Crippen LogP contribution is -2.41. The van der Waals surface area contributed by atoms with Crippen molar-refractivity contribution >= 4 is 22.9 Å². The highest BCUT2D eigenvalue weighted by atomic mass is 16.5. The molecule has 0 bridgehead atoms. The smallest absolute Gasteiger partial charge is 0.259 e. The number of fused-ring (bicyclic) bond motifs is 1. The molecule has 3 aromatic heterocycles. The van der Waals surface area contributed by atoms with E-state index in [1.165, 1.54) is 0 Å². The molecule has 0 saturated heterocycles. The summed E-state index contributed by atoms with van der Waals surface area (Å²) in [5.74, 6) is 1.04. The summed E-state index contributed by atoms with van der Waals surface area (Å²) >= 11 is 0. The summed E-state index contributed by atoms with van der Waals surface area (Å²) in [6.07, 6.45) is 1.57. The summed E-state index contributed by atoms with van der Waals surface area (Å²) in [5.41, 5.74) is 2.66. The van der Waals surface area contributed by atoms with E-state index < -0.39 is 0 Å². The minimum Gasteiger partial charge on any atom is -0.466 e. The average molecular weight is 412 g/mol. The van der Waals surface area contributed by atoms with E-state index in [0.29, 0.717) is 46.9 Å². The summed E-state index contributed by atoms with van der Waals surface area (Å²) in [6, 6.07) is 3.61. The number of amides is 2. The lowest BCUT2D eigenvalue weighted by Gasteiger charge is -2.22. The Labute approximate surface area is 175 Å². The summed E-state index contributed by atoms with van der Waals surface area (Å²) in [5, 5.41) is 7.39. The number of nitrogens with zero attached hydrogens (tertiary/aromatic N) is 3. The van der Waals surface area contributed by atoms with Crippen LogP contribution < -0.4 is 5.32 Å². The van der Waals surface area contributed by atoms with Gasteiger partial charge in [0, 0.05) is 18.7 Å². The molecular weight excluding hydrogens is 384 g/mol. The SMILES string of the molecule is CCCNC(=O)CN(CCC)C(=O)c1cc(-c2cc(C)oc2C)nc2onc(C)c12. The molecule has 1 N–H and O–H groups in total. The molecule has 0 atom stereocenters. The number of furan rings is 1. The highest BCUT2D eigenvalue weighted by molar-refractivity contribution is 6.07. The van der Waals surface area contributed by atoms with Crippen LogP contribution in [0.5, 0.6) is 0 Å². The highest BCUT2D eigenvalue weighted by Gasteiger charge is 2.25. The van der Waals surface area contributed by atoms with E-state index >= 15 is 0 Å². The van der Waals surface area contributed by atoms with E-state index in [0.717, 1.165) is 24.2 Å². The second-order valence-corrected chi connectivity index (χ2v) is 7.41. The molecule has 3 aromatic rings. The molecule has 3 heterocycles. The Kier molecular flexibility index (Phi) is 6.54. The maximum atomic E-state index is 13.5. The minimum atomic E-state index is -0.249. The van der Waals surface area contributed by atoms with Crippen molar-refractivity contribution in [1.29, 1.82) is 0 Å². The number of pyridine rings is 1. The van der Waals surface area contributed by atoms with E-state index in [2.05, 4.69) is 15.5 Å². The number of nitrogens with one attached hydrogen (secondary N) is 1. The van der Waals surface area contributed by atoms with Crippen LogP contribution in [0.2, 0.25) is 0 Å². The van der Waals surface area contributed by atoms with Crippen LogP contribution in [0, 0.1) is 20.8 Å². The van der Waals surface area contributed by atoms with Crippen LogP contribution in [0.25, 0.3) is 22.4 Å². The molecule has 0 aliphatic heterocycles. The van der Waals surface area contributed by atoms with Crippen LogP contribution >= 0.6 is 0 Å². The fraction of sp³-hybridized carbons (Fsp3) is 0.455. The molecule has 0 unspecified atom stereocenters. The van der Waals surface area contributed by atoms with Crippen molar-refractivity contribution in [2.75, 3.05) is 19.6 Å². The van der Waals surface area contributed by atoms with Gasteiger partial charge in [-0.05, 0) is 45.7 Å². The molecule has 0 aliphatic rings. The number of aryl methyl sites for hydroxylation is 3. The summed E-state index contributed by atoms with van der Waals surface area (Å²) in [6.45, 7) is 10.5. The van der Waals surface area contributed by atoms with Crippen molar-refractivity contribution in [2.45, 2.75) is 47.5 Å². The van der Waals surface area contributed by atoms with Gasteiger partial charge in [-0.3, -0.25) is 9.59 Å². The standard InChI is InChI=1S/C22H28N4O4/c1-6-8-23-19(27)12-26(9-7-2)22(28)17-11-18(16-10-13(3)29-15(16)5)24-21-20(17)14(4)25-30-21/h10-11H,6-9,12H2,1-5H3,(H,23,27). The molecule has 3 rings (SSSR count). The third-order valence-electron chi connectivity index (χ3n) is 4.85. The third kappa shape index (κ3) is 4.37. The number of rotatable bonds is 8. The van der Waals surface area contributed by atoms with Gasteiger partial charge in [0.25, 0.3) is 11.6 Å². The van der Waals surface area contributed by atoms with Gasteiger partial charge in [0.05, 0.1) is 28.9 Å². The van der Waals surface area contributed by atoms with Gasteiger partial charge in [0.1, 0.15) is 11.5 Å². The van der Waals surface area contributed by atoms with Gasteiger partial charge in [-0.15, -0.1) is 0 Å². The maximum absolute atomic E-state index is 13.5. The van der Waals surface area contributed by atoms with E-state index in [4.69, 9.17) is 8.94 Å². The number of carbonyl (C=O) groups excluding carboxylic acids is 2. The monoisotopic (exact) mass is 412 g/mol. The number of carbonyl (C=O) groups is 2. The largest absolute Gasteiger partial charge is 0.466 e. The Bertz CT molecular complexity index is 1070. The zero-order valence-corrected chi connectivity index (χ0v) is 18.2. The predicted molar refractivity (Wildman–Crippen MR) is 113 cm³/mol. The quantitative estimate of drug-likeness (QED) is 0.604. The van der Waals surface area contributed by atoms with Crippen molar-refractivity contribution in [1.82, 2.24) is 20.4 Å². The first-order chi connectivity index (χ1) is 14.3. The maximum Gasteiger partial charge on any atom is 0.259 e. The lowest BCUT2D eigenvalue weighted by atomic mass is 10.0. The fourth-order valence-electron chi connectivity index (χ4n) is 3.47. The van der Waals surface area contributed by atoms with E-state index in [1.54, 1.807) is 17.9 Å². The van der Waals surface area contributed by atoms with Gasteiger partial charge in [-0.1, -0.05) is 19.0 Å². The molecular formula is C22H28N4O4. The van der Waals surface area contributed by atoms with E-state index in [1.807, 2.05) is 33.8 Å². The van der Waals surface area contributed by atoms with Gasteiger partial charge in [-0.2, -0.15) is 0 Å². The van der Waals surface area contributed by atoms with Crippen LogP contribution in [-0.4, -0.2) is 46.5 Å². The van der Waals surface area contributed by atoms with Gasteiger partial charge in [0.15, 0.2) is 0 Å². The normalized spacial score (nSPS) is 11.1. The fourth-order valence-corrected chi connectivity index (χ4v) is 3.47. The van der Waals surface area contributed by atoms with Crippen LogP contribution in [0.3, 0.4) is 0 Å². The number of aromatic nitrogens is 2. The minimum absolute atomic E-state index is 0.00000325. The highest BCUT2D eigenvalue weighted by Crippen LogP contribution is 2.31.